The fourth-order valence-electron chi connectivity index (χ4n) is 3.46. The van der Waals surface area contributed by atoms with Gasteiger partial charge in [0.2, 0.25) is 5.91 Å². The number of hydrogen-bond donors (Lipinski definition) is 2. The highest BCUT2D eigenvalue weighted by Crippen LogP contribution is 2.42. The lowest BCUT2D eigenvalue weighted by atomic mass is 9.70. The van der Waals surface area contributed by atoms with Gasteiger partial charge in [-0.25, -0.2) is 4.79 Å². The molecule has 6 nitrogen and oxygen atoms in total. The fraction of sp³-hybridized carbons (Fsp3) is 0.867. The number of esters is 1. The first-order valence-corrected chi connectivity index (χ1v) is 7.42. The van der Waals surface area contributed by atoms with Crippen LogP contribution in [0.2, 0.25) is 0 Å². The monoisotopic (exact) mass is 300 g/mol. The first-order valence-electron chi connectivity index (χ1n) is 7.42. The summed E-state index contributed by atoms with van der Waals surface area (Å²) < 4.78 is 5.30. The van der Waals surface area contributed by atoms with Gasteiger partial charge in [0, 0.05) is 30.8 Å². The maximum Gasteiger partial charge on any atom is 0.331 e. The number of nitrogens with zero attached hydrogens (tertiary/aromatic N) is 1. The average molecular weight is 300 g/mol. The van der Waals surface area contributed by atoms with Crippen LogP contribution in [-0.2, 0) is 14.3 Å². The average Bonchev–Trinajstić information content (AvgIpc) is 2.31. The Morgan fingerprint density at radius 1 is 1.19 bits per heavy atom. The van der Waals surface area contributed by atoms with Crippen molar-refractivity contribution in [2.45, 2.75) is 77.4 Å². The highest BCUT2D eigenvalue weighted by molar-refractivity contribution is 5.87. The van der Waals surface area contributed by atoms with E-state index in [1.54, 1.807) is 0 Å². The van der Waals surface area contributed by atoms with E-state index >= 15 is 0 Å². The minimum Gasteiger partial charge on any atom is -0.464 e. The molecule has 0 unspecified atom stereocenters. The second kappa shape index (κ2) is 5.93. The lowest BCUT2D eigenvalue weighted by Crippen LogP contribution is -2.71. The summed E-state index contributed by atoms with van der Waals surface area (Å²) in [6, 6.07) is 0. The molecule has 6 heteroatoms. The molecule has 0 aromatic carbocycles. The van der Waals surface area contributed by atoms with E-state index < -0.39 is 22.6 Å². The van der Waals surface area contributed by atoms with Gasteiger partial charge >= 0.3 is 5.97 Å². The Kier molecular flexibility index (Phi) is 5.05. The Balaban J connectivity index is 3.18. The van der Waals surface area contributed by atoms with Crippen molar-refractivity contribution in [1.29, 1.82) is 0 Å². The van der Waals surface area contributed by atoms with Crippen molar-refractivity contribution in [1.82, 2.24) is 10.4 Å². The van der Waals surface area contributed by atoms with Gasteiger partial charge in [0.25, 0.3) is 0 Å². The molecule has 1 rings (SSSR count). The van der Waals surface area contributed by atoms with Gasteiger partial charge in [0.1, 0.15) is 5.54 Å². The van der Waals surface area contributed by atoms with Crippen LogP contribution in [0.4, 0.5) is 0 Å². The molecular formula is C15H28N2O4. The van der Waals surface area contributed by atoms with Crippen LogP contribution in [0.3, 0.4) is 0 Å². The molecule has 0 radical (unpaired) electrons. The van der Waals surface area contributed by atoms with Crippen LogP contribution in [0.15, 0.2) is 0 Å². The zero-order chi connectivity index (χ0) is 16.5. The highest BCUT2D eigenvalue weighted by atomic mass is 16.5. The number of nitrogens with one attached hydrogen (secondary N) is 1. The van der Waals surface area contributed by atoms with Crippen LogP contribution in [0.25, 0.3) is 0 Å². The molecule has 0 aliphatic carbocycles. The number of ether oxygens (including phenoxy) is 1. The molecule has 1 saturated heterocycles. The van der Waals surface area contributed by atoms with E-state index in [-0.39, 0.29) is 5.91 Å². The van der Waals surface area contributed by atoms with Crippen molar-refractivity contribution in [3.05, 3.63) is 0 Å². The number of hydrogen-bond acceptors (Lipinski definition) is 5. The van der Waals surface area contributed by atoms with Gasteiger partial charge in [0.15, 0.2) is 0 Å². The van der Waals surface area contributed by atoms with E-state index in [4.69, 9.17) is 4.74 Å². The fourth-order valence-corrected chi connectivity index (χ4v) is 3.46. The maximum absolute atomic E-state index is 12.6. The van der Waals surface area contributed by atoms with E-state index in [1.165, 1.54) is 12.0 Å². The van der Waals surface area contributed by atoms with Crippen LogP contribution in [0, 0.1) is 0 Å². The third-order valence-electron chi connectivity index (χ3n) is 3.86. The van der Waals surface area contributed by atoms with Crippen LogP contribution in [0.5, 0.6) is 0 Å². The molecule has 1 fully saturated rings. The smallest absolute Gasteiger partial charge is 0.331 e. The minimum atomic E-state index is -1.10. The molecule has 0 spiro atoms. The van der Waals surface area contributed by atoms with Crippen molar-refractivity contribution in [2.24, 2.45) is 0 Å². The topological polar surface area (TPSA) is 78.9 Å². The van der Waals surface area contributed by atoms with E-state index in [0.717, 1.165) is 6.42 Å². The van der Waals surface area contributed by atoms with Crippen LogP contribution < -0.4 is 5.32 Å². The summed E-state index contributed by atoms with van der Waals surface area (Å²) in [4.78, 5) is 24.2. The summed E-state index contributed by atoms with van der Waals surface area (Å²) in [5.74, 6) is -0.699. The molecule has 0 aromatic heterocycles. The van der Waals surface area contributed by atoms with Gasteiger partial charge in [0.05, 0.1) is 6.61 Å². The summed E-state index contributed by atoms with van der Waals surface area (Å²) in [5, 5.41) is 14.4. The Labute approximate surface area is 126 Å². The molecule has 21 heavy (non-hydrogen) atoms. The standard InChI is InChI=1S/C15H28N2O4/c1-7-8-21-12(19)15(16-11(2)18)9-13(3,4)17(20)14(5,6)10-15/h20H,7-10H2,1-6H3,(H,16,18). The summed E-state index contributed by atoms with van der Waals surface area (Å²) >= 11 is 0. The van der Waals surface area contributed by atoms with E-state index in [9.17, 15) is 14.8 Å². The second-order valence-corrected chi connectivity index (χ2v) is 7.19. The van der Waals surface area contributed by atoms with Crippen molar-refractivity contribution >= 4 is 11.9 Å². The van der Waals surface area contributed by atoms with E-state index in [0.29, 0.717) is 19.4 Å². The van der Waals surface area contributed by atoms with Crippen molar-refractivity contribution in [3.63, 3.8) is 0 Å². The van der Waals surface area contributed by atoms with Crippen molar-refractivity contribution in [2.75, 3.05) is 6.61 Å². The van der Waals surface area contributed by atoms with Crippen molar-refractivity contribution in [3.8, 4) is 0 Å². The predicted molar refractivity (Wildman–Crippen MR) is 78.8 cm³/mol. The number of amides is 1. The summed E-state index contributed by atoms with van der Waals surface area (Å²) in [6.07, 6.45) is 1.31. The van der Waals surface area contributed by atoms with Gasteiger partial charge in [-0.3, -0.25) is 4.79 Å². The minimum absolute atomic E-state index is 0.276. The quantitative estimate of drug-likeness (QED) is 0.775. The van der Waals surface area contributed by atoms with E-state index in [1.807, 2.05) is 34.6 Å². The molecule has 0 saturated carbocycles. The third-order valence-corrected chi connectivity index (χ3v) is 3.86. The lowest BCUT2D eigenvalue weighted by Gasteiger charge is -2.55. The van der Waals surface area contributed by atoms with Crippen molar-refractivity contribution < 1.29 is 19.5 Å². The first kappa shape index (κ1) is 17.9. The zero-order valence-corrected chi connectivity index (χ0v) is 13.9. The largest absolute Gasteiger partial charge is 0.464 e. The van der Waals surface area contributed by atoms with Gasteiger partial charge in [-0.2, -0.15) is 5.06 Å². The number of carbonyl (C=O) groups excluding carboxylic acids is 2. The molecule has 1 aliphatic rings. The molecule has 2 N–H and O–H groups in total. The van der Waals surface area contributed by atoms with E-state index in [2.05, 4.69) is 5.32 Å². The Morgan fingerprint density at radius 3 is 2.05 bits per heavy atom. The molecule has 0 bridgehead atoms. The van der Waals surface area contributed by atoms with Gasteiger partial charge in [-0.1, -0.05) is 6.92 Å². The number of rotatable bonds is 4. The Morgan fingerprint density at radius 2 is 1.67 bits per heavy atom. The third kappa shape index (κ3) is 3.74. The number of hydroxylamine groups is 2. The van der Waals surface area contributed by atoms with Gasteiger partial charge in [-0.15, -0.1) is 0 Å². The second-order valence-electron chi connectivity index (χ2n) is 7.19. The molecule has 0 atom stereocenters. The first-order chi connectivity index (χ1) is 9.47. The zero-order valence-electron chi connectivity index (χ0n) is 13.9. The molecule has 0 aromatic rings. The Hall–Kier alpha value is -1.14. The van der Waals surface area contributed by atoms with Crippen LogP contribution >= 0.6 is 0 Å². The number of carbonyl (C=O) groups is 2. The van der Waals surface area contributed by atoms with Crippen LogP contribution in [-0.4, -0.2) is 45.4 Å². The predicted octanol–water partition coefficient (Wildman–Crippen LogP) is 1.86. The normalized spacial score (nSPS) is 23.4. The molecule has 1 heterocycles. The van der Waals surface area contributed by atoms with Gasteiger partial charge < -0.3 is 15.3 Å². The molecule has 1 amide bonds. The highest BCUT2D eigenvalue weighted by Gasteiger charge is 2.57. The maximum atomic E-state index is 12.6. The molecule has 122 valence electrons. The lowest BCUT2D eigenvalue weighted by molar-refractivity contribution is -0.256. The molecule has 1 aliphatic heterocycles. The SMILES string of the molecule is CCCOC(=O)C1(NC(C)=O)CC(C)(C)N(O)C(C)(C)C1. The van der Waals surface area contributed by atoms with Crippen LogP contribution in [0.1, 0.15) is 60.8 Å². The summed E-state index contributed by atoms with van der Waals surface area (Å²) in [7, 11) is 0. The number of piperidine rings is 1. The Bertz CT molecular complexity index is 400. The molecular weight excluding hydrogens is 272 g/mol. The van der Waals surface area contributed by atoms with Gasteiger partial charge in [-0.05, 0) is 34.1 Å². The summed E-state index contributed by atoms with van der Waals surface area (Å²) in [6.45, 7) is 11.0. The summed E-state index contributed by atoms with van der Waals surface area (Å²) in [5.41, 5.74) is -2.42.